The van der Waals surface area contributed by atoms with Gasteiger partial charge in [-0.05, 0) is 30.4 Å². The first-order valence-corrected chi connectivity index (χ1v) is 9.54. The Hall–Kier alpha value is -1.95. The average molecular weight is 354 g/mol. The Bertz CT molecular complexity index is 798. The Balaban J connectivity index is 1.41. The number of rotatable bonds is 5. The summed E-state index contributed by atoms with van der Waals surface area (Å²) < 4.78 is 11.8. The molecule has 5 heteroatoms. The van der Waals surface area contributed by atoms with Gasteiger partial charge >= 0.3 is 0 Å². The number of nitrogens with zero attached hydrogens (tertiary/aromatic N) is 2. The highest BCUT2D eigenvalue weighted by Crippen LogP contribution is 2.26. The molecule has 2 aromatic heterocycles. The number of aryl methyl sites for hydroxylation is 1. The quantitative estimate of drug-likeness (QED) is 0.690. The van der Waals surface area contributed by atoms with E-state index in [0.717, 1.165) is 54.9 Å². The third kappa shape index (κ3) is 4.00. The molecule has 0 bridgehead atoms. The molecule has 25 heavy (non-hydrogen) atoms. The summed E-state index contributed by atoms with van der Waals surface area (Å²) in [4.78, 5) is 8.22. The first-order chi connectivity index (χ1) is 12.3. The zero-order chi connectivity index (χ0) is 17.1. The lowest BCUT2D eigenvalue weighted by atomic mass is 10.1. The molecule has 0 radical (unpaired) electrons. The molecule has 1 aliphatic rings. The van der Waals surface area contributed by atoms with Crippen molar-refractivity contribution >= 4 is 11.3 Å². The van der Waals surface area contributed by atoms with Gasteiger partial charge in [-0.3, -0.25) is 4.90 Å². The van der Waals surface area contributed by atoms with E-state index >= 15 is 0 Å². The van der Waals surface area contributed by atoms with Gasteiger partial charge in [-0.25, -0.2) is 4.98 Å². The summed E-state index contributed by atoms with van der Waals surface area (Å²) in [7, 11) is 0. The predicted octanol–water partition coefficient (Wildman–Crippen LogP) is 4.16. The lowest BCUT2D eigenvalue weighted by Gasteiger charge is -2.32. The predicted molar refractivity (Wildman–Crippen MR) is 99.7 cm³/mol. The highest BCUT2D eigenvalue weighted by atomic mass is 32.1. The van der Waals surface area contributed by atoms with Gasteiger partial charge < -0.3 is 9.15 Å². The van der Waals surface area contributed by atoms with Gasteiger partial charge in [0.1, 0.15) is 5.76 Å². The van der Waals surface area contributed by atoms with Gasteiger partial charge in [0.25, 0.3) is 0 Å². The van der Waals surface area contributed by atoms with Gasteiger partial charge in [0.15, 0.2) is 0 Å². The van der Waals surface area contributed by atoms with Crippen molar-refractivity contribution in [1.29, 1.82) is 0 Å². The number of hydrogen-bond donors (Lipinski definition) is 0. The van der Waals surface area contributed by atoms with Crippen molar-refractivity contribution in [2.24, 2.45) is 0 Å². The number of aromatic nitrogens is 1. The van der Waals surface area contributed by atoms with Crippen molar-refractivity contribution < 1.29 is 9.15 Å². The number of benzene rings is 1. The highest BCUT2D eigenvalue weighted by Gasteiger charge is 2.23. The van der Waals surface area contributed by atoms with Gasteiger partial charge in [-0.1, -0.05) is 36.4 Å². The van der Waals surface area contributed by atoms with E-state index in [0.29, 0.717) is 0 Å². The Kier molecular flexibility index (Phi) is 4.97. The van der Waals surface area contributed by atoms with Crippen molar-refractivity contribution in [3.05, 3.63) is 64.9 Å². The second-order valence-electron chi connectivity index (χ2n) is 6.42. The fraction of sp³-hybridized carbons (Fsp3) is 0.350. The molecule has 130 valence electrons. The van der Waals surface area contributed by atoms with Crippen LogP contribution in [0.15, 0.2) is 52.3 Å². The van der Waals surface area contributed by atoms with Gasteiger partial charge in [0.05, 0.1) is 23.3 Å². The van der Waals surface area contributed by atoms with E-state index in [4.69, 9.17) is 14.1 Å². The van der Waals surface area contributed by atoms with Crippen molar-refractivity contribution in [3.63, 3.8) is 0 Å². The third-order valence-corrected chi connectivity index (χ3v) is 5.38. The normalized spacial score (nSPS) is 18.5. The lowest BCUT2D eigenvalue weighted by molar-refractivity contribution is -0.0309. The maximum Gasteiger partial charge on any atom is 0.236 e. The summed E-state index contributed by atoms with van der Waals surface area (Å²) >= 11 is 1.66. The van der Waals surface area contributed by atoms with E-state index in [1.165, 1.54) is 5.56 Å². The summed E-state index contributed by atoms with van der Waals surface area (Å²) in [6, 6.07) is 14.6. The van der Waals surface area contributed by atoms with Crippen LogP contribution in [0.4, 0.5) is 0 Å². The number of oxazole rings is 1. The molecule has 4 nitrogen and oxygen atoms in total. The monoisotopic (exact) mass is 354 g/mol. The molecule has 1 saturated heterocycles. The first-order valence-electron chi connectivity index (χ1n) is 8.66. The Morgan fingerprint density at radius 3 is 2.88 bits per heavy atom. The molecule has 1 unspecified atom stereocenters. The maximum atomic E-state index is 5.96. The van der Waals surface area contributed by atoms with Crippen LogP contribution in [0.25, 0.3) is 10.8 Å². The minimum Gasteiger partial charge on any atom is -0.440 e. The molecule has 1 atom stereocenters. The standard InChI is InChI=1S/C20H22N2O2S/c1-15-18(21-20(24-15)19-8-5-11-25-19)14-22-9-10-23-17(13-22)12-16-6-3-2-4-7-16/h2-8,11,17H,9-10,12-14H2,1H3. The van der Waals surface area contributed by atoms with E-state index < -0.39 is 0 Å². The minimum atomic E-state index is 0.236. The zero-order valence-corrected chi connectivity index (χ0v) is 15.2. The largest absolute Gasteiger partial charge is 0.440 e. The fourth-order valence-corrected chi connectivity index (χ4v) is 3.87. The van der Waals surface area contributed by atoms with Gasteiger partial charge in [0.2, 0.25) is 5.89 Å². The van der Waals surface area contributed by atoms with Gasteiger partial charge in [-0.2, -0.15) is 0 Å². The van der Waals surface area contributed by atoms with E-state index in [-0.39, 0.29) is 6.10 Å². The molecule has 0 saturated carbocycles. The summed E-state index contributed by atoms with van der Waals surface area (Å²) in [5, 5.41) is 2.05. The van der Waals surface area contributed by atoms with E-state index in [9.17, 15) is 0 Å². The van der Waals surface area contributed by atoms with Crippen molar-refractivity contribution in [1.82, 2.24) is 9.88 Å². The molecule has 0 aliphatic carbocycles. The minimum absolute atomic E-state index is 0.236. The van der Waals surface area contributed by atoms with Gasteiger partial charge in [0, 0.05) is 19.6 Å². The summed E-state index contributed by atoms with van der Waals surface area (Å²) in [5.41, 5.74) is 2.36. The lowest BCUT2D eigenvalue weighted by Crippen LogP contribution is -2.43. The van der Waals surface area contributed by atoms with E-state index in [1.54, 1.807) is 11.3 Å². The third-order valence-electron chi connectivity index (χ3n) is 4.53. The van der Waals surface area contributed by atoms with Crippen LogP contribution < -0.4 is 0 Å². The fourth-order valence-electron chi connectivity index (χ4n) is 3.22. The van der Waals surface area contributed by atoms with Crippen LogP contribution in [0.2, 0.25) is 0 Å². The van der Waals surface area contributed by atoms with Crippen LogP contribution in [0, 0.1) is 6.92 Å². The topological polar surface area (TPSA) is 38.5 Å². The molecule has 0 N–H and O–H groups in total. The number of ether oxygens (including phenoxy) is 1. The van der Waals surface area contributed by atoms with Crippen LogP contribution in [0.5, 0.6) is 0 Å². The molecule has 4 rings (SSSR count). The molecule has 0 amide bonds. The van der Waals surface area contributed by atoms with E-state index in [2.05, 4.69) is 35.2 Å². The molecular formula is C20H22N2O2S. The van der Waals surface area contributed by atoms with Crippen molar-refractivity contribution in [2.45, 2.75) is 26.0 Å². The molecule has 0 spiro atoms. The van der Waals surface area contributed by atoms with Crippen LogP contribution in [0.1, 0.15) is 17.0 Å². The Morgan fingerprint density at radius 1 is 1.20 bits per heavy atom. The second kappa shape index (κ2) is 7.52. The molecule has 1 aliphatic heterocycles. The smallest absolute Gasteiger partial charge is 0.236 e. The Morgan fingerprint density at radius 2 is 2.08 bits per heavy atom. The SMILES string of the molecule is Cc1oc(-c2cccs2)nc1CN1CCOC(Cc2ccccc2)C1. The van der Waals surface area contributed by atoms with Crippen molar-refractivity contribution in [2.75, 3.05) is 19.7 Å². The second-order valence-corrected chi connectivity index (χ2v) is 7.36. The average Bonchev–Trinajstić information content (AvgIpc) is 3.27. The summed E-state index contributed by atoms with van der Waals surface area (Å²) in [6.07, 6.45) is 1.19. The zero-order valence-electron chi connectivity index (χ0n) is 14.4. The summed E-state index contributed by atoms with van der Waals surface area (Å²) in [5.74, 6) is 1.64. The van der Waals surface area contributed by atoms with Crippen LogP contribution in [-0.2, 0) is 17.7 Å². The van der Waals surface area contributed by atoms with Gasteiger partial charge in [-0.15, -0.1) is 11.3 Å². The maximum absolute atomic E-state index is 5.96. The molecule has 3 aromatic rings. The number of hydrogen-bond acceptors (Lipinski definition) is 5. The molecule has 1 fully saturated rings. The Labute approximate surface area is 152 Å². The highest BCUT2D eigenvalue weighted by molar-refractivity contribution is 7.13. The number of thiophene rings is 1. The van der Waals surface area contributed by atoms with Crippen molar-refractivity contribution in [3.8, 4) is 10.8 Å². The summed E-state index contributed by atoms with van der Waals surface area (Å²) in [6.45, 7) is 5.45. The van der Waals surface area contributed by atoms with Crippen LogP contribution >= 0.6 is 11.3 Å². The molecular weight excluding hydrogens is 332 g/mol. The molecule has 3 heterocycles. The van der Waals surface area contributed by atoms with E-state index in [1.807, 2.05) is 24.4 Å². The van der Waals surface area contributed by atoms with Crippen LogP contribution in [-0.4, -0.2) is 35.7 Å². The van der Waals surface area contributed by atoms with Crippen LogP contribution in [0.3, 0.4) is 0 Å². The number of morpholine rings is 1. The molecule has 1 aromatic carbocycles. The first kappa shape index (κ1) is 16.5.